The molecule has 0 aliphatic rings. The van der Waals surface area contributed by atoms with E-state index in [9.17, 15) is 9.59 Å². The van der Waals surface area contributed by atoms with Crippen LogP contribution in [0.1, 0.15) is 15.9 Å². The van der Waals surface area contributed by atoms with Crippen molar-refractivity contribution in [2.45, 2.75) is 6.92 Å². The number of anilines is 4. The predicted molar refractivity (Wildman–Crippen MR) is 102 cm³/mol. The molecule has 0 amide bonds. The molecule has 2 heterocycles. The lowest BCUT2D eigenvalue weighted by Crippen LogP contribution is -2.03. The van der Waals surface area contributed by atoms with Crippen molar-refractivity contribution in [2.24, 2.45) is 0 Å². The van der Waals surface area contributed by atoms with Crippen LogP contribution in [0.2, 0.25) is 0 Å². The molecule has 0 spiro atoms. The minimum Gasteiger partial charge on any atom is -0.408 e. The summed E-state index contributed by atoms with van der Waals surface area (Å²) >= 11 is 0. The normalized spacial score (nSPS) is 10.7. The fourth-order valence-electron chi connectivity index (χ4n) is 2.61. The van der Waals surface area contributed by atoms with Crippen LogP contribution in [0.15, 0.2) is 57.9 Å². The van der Waals surface area contributed by atoms with Gasteiger partial charge in [-0.15, -0.1) is 0 Å². The number of aromatic amines is 1. The SMILES string of the molecule is Cc1cnc(Nc2cccc(C=O)c2)nc1Nc1ccc2oc(=O)[nH]c2c1. The van der Waals surface area contributed by atoms with Crippen LogP contribution in [-0.4, -0.2) is 21.2 Å². The van der Waals surface area contributed by atoms with Crippen LogP contribution in [0.3, 0.4) is 0 Å². The Kier molecular flexibility index (Phi) is 4.13. The zero-order chi connectivity index (χ0) is 18.8. The molecule has 134 valence electrons. The Morgan fingerprint density at radius 2 is 1.96 bits per heavy atom. The molecule has 0 saturated heterocycles. The molecule has 0 aliphatic heterocycles. The van der Waals surface area contributed by atoms with Gasteiger partial charge in [0.1, 0.15) is 12.1 Å². The maximum absolute atomic E-state index is 11.3. The lowest BCUT2D eigenvalue weighted by Gasteiger charge is -2.11. The van der Waals surface area contributed by atoms with E-state index in [1.165, 1.54) is 0 Å². The molecule has 3 N–H and O–H groups in total. The molecule has 0 unspecified atom stereocenters. The van der Waals surface area contributed by atoms with Gasteiger partial charge < -0.3 is 15.1 Å². The molecule has 0 bridgehead atoms. The largest absolute Gasteiger partial charge is 0.417 e. The number of hydrogen-bond donors (Lipinski definition) is 3. The summed E-state index contributed by atoms with van der Waals surface area (Å²) in [4.78, 5) is 33.6. The van der Waals surface area contributed by atoms with E-state index in [0.717, 1.165) is 17.5 Å². The molecule has 8 nitrogen and oxygen atoms in total. The van der Waals surface area contributed by atoms with E-state index in [4.69, 9.17) is 4.42 Å². The predicted octanol–water partition coefficient (Wildman–Crippen LogP) is 3.52. The highest BCUT2D eigenvalue weighted by Crippen LogP contribution is 2.23. The van der Waals surface area contributed by atoms with Gasteiger partial charge in [-0.2, -0.15) is 4.98 Å². The van der Waals surface area contributed by atoms with Crippen molar-refractivity contribution in [2.75, 3.05) is 10.6 Å². The van der Waals surface area contributed by atoms with E-state index in [1.807, 2.05) is 13.0 Å². The Balaban J connectivity index is 1.61. The van der Waals surface area contributed by atoms with Gasteiger partial charge in [0, 0.05) is 28.7 Å². The molecular formula is C19H15N5O3. The summed E-state index contributed by atoms with van der Waals surface area (Å²) in [6.07, 6.45) is 2.48. The number of fused-ring (bicyclic) bond motifs is 1. The van der Waals surface area contributed by atoms with Gasteiger partial charge in [0.25, 0.3) is 0 Å². The van der Waals surface area contributed by atoms with E-state index in [0.29, 0.717) is 34.1 Å². The molecule has 2 aromatic heterocycles. The lowest BCUT2D eigenvalue weighted by atomic mass is 10.2. The number of nitrogens with zero attached hydrogens (tertiary/aromatic N) is 2. The van der Waals surface area contributed by atoms with Crippen molar-refractivity contribution in [3.63, 3.8) is 0 Å². The number of hydrogen-bond acceptors (Lipinski definition) is 7. The molecule has 0 aliphatic carbocycles. The van der Waals surface area contributed by atoms with Crippen LogP contribution in [0.25, 0.3) is 11.1 Å². The fraction of sp³-hybridized carbons (Fsp3) is 0.0526. The first-order valence-corrected chi connectivity index (χ1v) is 8.16. The molecule has 0 fully saturated rings. The van der Waals surface area contributed by atoms with Crippen molar-refractivity contribution in [1.29, 1.82) is 0 Å². The fourth-order valence-corrected chi connectivity index (χ4v) is 2.61. The number of nitrogens with one attached hydrogen (secondary N) is 3. The van der Waals surface area contributed by atoms with Crippen molar-refractivity contribution in [1.82, 2.24) is 15.0 Å². The van der Waals surface area contributed by atoms with E-state index in [-0.39, 0.29) is 0 Å². The maximum Gasteiger partial charge on any atom is 0.417 e. The Labute approximate surface area is 153 Å². The molecular weight excluding hydrogens is 346 g/mol. The first-order valence-electron chi connectivity index (χ1n) is 8.16. The van der Waals surface area contributed by atoms with Crippen LogP contribution in [0, 0.1) is 6.92 Å². The van der Waals surface area contributed by atoms with Crippen LogP contribution in [-0.2, 0) is 0 Å². The number of aryl methyl sites for hydroxylation is 1. The number of benzene rings is 2. The first kappa shape index (κ1) is 16.5. The third-order valence-corrected chi connectivity index (χ3v) is 3.93. The summed E-state index contributed by atoms with van der Waals surface area (Å²) in [5, 5.41) is 6.29. The van der Waals surface area contributed by atoms with E-state index in [1.54, 1.807) is 42.6 Å². The van der Waals surface area contributed by atoms with Gasteiger partial charge in [-0.05, 0) is 37.3 Å². The van der Waals surface area contributed by atoms with Gasteiger partial charge in [0.2, 0.25) is 5.95 Å². The molecule has 0 saturated carbocycles. The quantitative estimate of drug-likeness (QED) is 0.466. The summed E-state index contributed by atoms with van der Waals surface area (Å²) in [7, 11) is 0. The average Bonchev–Trinajstić information content (AvgIpc) is 3.04. The molecule has 0 atom stereocenters. The minimum absolute atomic E-state index is 0.393. The number of rotatable bonds is 5. The van der Waals surface area contributed by atoms with E-state index < -0.39 is 5.76 Å². The van der Waals surface area contributed by atoms with Gasteiger partial charge in [-0.25, -0.2) is 9.78 Å². The van der Waals surface area contributed by atoms with Gasteiger partial charge in [-0.1, -0.05) is 12.1 Å². The number of H-pyrrole nitrogens is 1. The average molecular weight is 361 g/mol. The van der Waals surface area contributed by atoms with Crippen LogP contribution < -0.4 is 16.4 Å². The molecule has 0 radical (unpaired) electrons. The first-order chi connectivity index (χ1) is 13.1. The molecule has 4 aromatic rings. The van der Waals surface area contributed by atoms with Crippen molar-refractivity contribution < 1.29 is 9.21 Å². The monoisotopic (exact) mass is 361 g/mol. The second kappa shape index (κ2) is 6.75. The van der Waals surface area contributed by atoms with E-state index in [2.05, 4.69) is 25.6 Å². The smallest absolute Gasteiger partial charge is 0.408 e. The minimum atomic E-state index is -0.496. The number of carbonyl (C=O) groups is 1. The second-order valence-corrected chi connectivity index (χ2v) is 5.94. The van der Waals surface area contributed by atoms with Crippen molar-refractivity contribution >= 4 is 40.5 Å². The number of carbonyl (C=O) groups excluding carboxylic acids is 1. The lowest BCUT2D eigenvalue weighted by molar-refractivity contribution is 0.112. The number of aromatic nitrogens is 3. The maximum atomic E-state index is 11.3. The summed E-state index contributed by atoms with van der Waals surface area (Å²) in [6, 6.07) is 12.3. The third kappa shape index (κ3) is 3.54. The zero-order valence-electron chi connectivity index (χ0n) is 14.3. The Morgan fingerprint density at radius 3 is 2.81 bits per heavy atom. The molecule has 8 heteroatoms. The van der Waals surface area contributed by atoms with Gasteiger partial charge in [0.15, 0.2) is 5.58 Å². The van der Waals surface area contributed by atoms with Crippen LogP contribution >= 0.6 is 0 Å². The van der Waals surface area contributed by atoms with Crippen molar-refractivity contribution in [3.8, 4) is 0 Å². The second-order valence-electron chi connectivity index (χ2n) is 5.94. The van der Waals surface area contributed by atoms with Gasteiger partial charge in [0.05, 0.1) is 5.52 Å². The molecule has 27 heavy (non-hydrogen) atoms. The van der Waals surface area contributed by atoms with Crippen molar-refractivity contribution in [3.05, 3.63) is 70.3 Å². The summed E-state index contributed by atoms with van der Waals surface area (Å²) in [6.45, 7) is 1.89. The highest BCUT2D eigenvalue weighted by atomic mass is 16.4. The van der Waals surface area contributed by atoms with Crippen LogP contribution in [0.5, 0.6) is 0 Å². The highest BCUT2D eigenvalue weighted by Gasteiger charge is 2.07. The summed E-state index contributed by atoms with van der Waals surface area (Å²) < 4.78 is 5.00. The van der Waals surface area contributed by atoms with Gasteiger partial charge in [-0.3, -0.25) is 9.78 Å². The van der Waals surface area contributed by atoms with E-state index >= 15 is 0 Å². The van der Waals surface area contributed by atoms with Gasteiger partial charge >= 0.3 is 5.76 Å². The van der Waals surface area contributed by atoms with Crippen LogP contribution in [0.4, 0.5) is 23.1 Å². The number of aldehydes is 1. The Bertz CT molecular complexity index is 1200. The topological polar surface area (TPSA) is 113 Å². The standard InChI is InChI=1S/C19H15N5O3/c1-11-9-20-18(22-13-4-2-3-12(7-13)10-25)24-17(11)21-14-5-6-16-15(8-14)23-19(26)27-16/h2-10H,1H3,(H,23,26)(H2,20,21,22,24). The molecule has 4 rings (SSSR count). The summed E-state index contributed by atoms with van der Waals surface area (Å²) in [5.41, 5.74) is 3.96. The molecule has 2 aromatic carbocycles. The summed E-state index contributed by atoms with van der Waals surface area (Å²) in [5.74, 6) is 0.512. The number of oxazole rings is 1. The zero-order valence-corrected chi connectivity index (χ0v) is 14.3. The highest BCUT2D eigenvalue weighted by molar-refractivity contribution is 5.79. The Morgan fingerprint density at radius 1 is 1.11 bits per heavy atom. The third-order valence-electron chi connectivity index (χ3n) is 3.93. The Hall–Kier alpha value is -3.94.